The topological polar surface area (TPSA) is 43.8 Å². The van der Waals surface area contributed by atoms with Gasteiger partial charge in [-0.25, -0.2) is 8.78 Å². The fraction of sp³-hybridized carbons (Fsp3) is 0.182. The van der Waals surface area contributed by atoms with E-state index in [-0.39, 0.29) is 5.56 Å². The maximum Gasteiger partial charge on any atom is 0.131 e. The fourth-order valence-corrected chi connectivity index (χ4v) is 1.95. The lowest BCUT2D eigenvalue weighted by molar-refractivity contribution is 0.559. The average Bonchev–Trinajstić information content (AvgIpc) is 2.58. The van der Waals surface area contributed by atoms with Gasteiger partial charge in [0.05, 0.1) is 23.0 Å². The van der Waals surface area contributed by atoms with E-state index in [1.54, 1.807) is 7.05 Å². The van der Waals surface area contributed by atoms with E-state index in [2.05, 4.69) is 5.10 Å². The van der Waals surface area contributed by atoms with Gasteiger partial charge in [0, 0.05) is 18.7 Å². The van der Waals surface area contributed by atoms with Crippen LogP contribution < -0.4 is 5.73 Å². The van der Waals surface area contributed by atoms with E-state index in [0.717, 1.165) is 12.1 Å². The van der Waals surface area contributed by atoms with E-state index in [1.165, 1.54) is 16.9 Å². The Morgan fingerprint density at radius 3 is 2.65 bits per heavy atom. The number of nitrogens with two attached hydrogens (primary N) is 1. The van der Waals surface area contributed by atoms with E-state index < -0.39 is 17.7 Å². The summed E-state index contributed by atoms with van der Waals surface area (Å²) >= 11 is 5.91. The van der Waals surface area contributed by atoms with Gasteiger partial charge in [-0.2, -0.15) is 5.10 Å². The normalized spacial score (nSPS) is 12.8. The van der Waals surface area contributed by atoms with Gasteiger partial charge in [-0.15, -0.1) is 0 Å². The smallest absolute Gasteiger partial charge is 0.131 e. The Bertz CT molecular complexity index is 534. The molecule has 0 radical (unpaired) electrons. The van der Waals surface area contributed by atoms with Gasteiger partial charge in [0.1, 0.15) is 11.6 Å². The third-order valence-corrected chi connectivity index (χ3v) is 2.82. The second kappa shape index (κ2) is 4.43. The Morgan fingerprint density at radius 1 is 1.41 bits per heavy atom. The minimum absolute atomic E-state index is 0.178. The number of hydrogen-bond donors (Lipinski definition) is 1. The SMILES string of the molecule is Cn1ncc(Cl)c1C(N)c1ccc(F)cc1F. The molecule has 90 valence electrons. The fourth-order valence-electron chi connectivity index (χ4n) is 1.67. The van der Waals surface area contributed by atoms with E-state index in [9.17, 15) is 8.78 Å². The molecule has 0 spiro atoms. The van der Waals surface area contributed by atoms with Crippen LogP contribution in [0.2, 0.25) is 5.02 Å². The molecule has 1 aromatic heterocycles. The molecular formula is C11H10ClF2N3. The van der Waals surface area contributed by atoms with Crippen LogP contribution in [0.3, 0.4) is 0 Å². The maximum atomic E-state index is 13.6. The van der Waals surface area contributed by atoms with Crippen LogP contribution in [0, 0.1) is 11.6 Å². The highest BCUT2D eigenvalue weighted by Gasteiger charge is 2.20. The lowest BCUT2D eigenvalue weighted by atomic mass is 10.0. The van der Waals surface area contributed by atoms with E-state index in [1.807, 2.05) is 0 Å². The molecule has 2 N–H and O–H groups in total. The summed E-state index contributed by atoms with van der Waals surface area (Å²) in [5, 5.41) is 4.27. The first-order valence-corrected chi connectivity index (χ1v) is 5.26. The first-order chi connectivity index (χ1) is 8.00. The highest BCUT2D eigenvalue weighted by Crippen LogP contribution is 2.27. The molecule has 0 aliphatic rings. The number of rotatable bonds is 2. The van der Waals surface area contributed by atoms with Crippen LogP contribution in [0.1, 0.15) is 17.3 Å². The van der Waals surface area contributed by atoms with Gasteiger partial charge in [0.25, 0.3) is 0 Å². The van der Waals surface area contributed by atoms with Gasteiger partial charge in [-0.05, 0) is 6.07 Å². The predicted octanol–water partition coefficient (Wildman–Crippen LogP) is 2.40. The van der Waals surface area contributed by atoms with E-state index >= 15 is 0 Å². The van der Waals surface area contributed by atoms with Gasteiger partial charge in [-0.1, -0.05) is 17.7 Å². The summed E-state index contributed by atoms with van der Waals surface area (Å²) in [6, 6.07) is 2.47. The Balaban J connectivity index is 2.47. The highest BCUT2D eigenvalue weighted by molar-refractivity contribution is 6.31. The summed E-state index contributed by atoms with van der Waals surface area (Å²) in [5.74, 6) is -1.34. The number of aromatic nitrogens is 2. The summed E-state index contributed by atoms with van der Waals surface area (Å²) < 4.78 is 27.8. The second-order valence-corrected chi connectivity index (χ2v) is 4.05. The molecule has 0 saturated heterocycles. The lowest BCUT2D eigenvalue weighted by Gasteiger charge is -2.14. The molecule has 0 aliphatic heterocycles. The second-order valence-electron chi connectivity index (χ2n) is 3.64. The monoisotopic (exact) mass is 257 g/mol. The van der Waals surface area contributed by atoms with Crippen LogP contribution in [-0.4, -0.2) is 9.78 Å². The van der Waals surface area contributed by atoms with Crippen molar-refractivity contribution in [3.8, 4) is 0 Å². The van der Waals surface area contributed by atoms with Crippen molar-refractivity contribution >= 4 is 11.6 Å². The minimum Gasteiger partial charge on any atom is -0.319 e. The van der Waals surface area contributed by atoms with Crippen molar-refractivity contribution < 1.29 is 8.78 Å². The predicted molar refractivity (Wildman–Crippen MR) is 60.6 cm³/mol. The highest BCUT2D eigenvalue weighted by atomic mass is 35.5. The zero-order chi connectivity index (χ0) is 12.6. The number of hydrogen-bond acceptors (Lipinski definition) is 2. The third-order valence-electron chi connectivity index (χ3n) is 2.53. The van der Waals surface area contributed by atoms with E-state index in [4.69, 9.17) is 17.3 Å². The molecule has 0 amide bonds. The number of nitrogens with zero attached hydrogens (tertiary/aromatic N) is 2. The van der Waals surface area contributed by atoms with Crippen molar-refractivity contribution in [3.63, 3.8) is 0 Å². The van der Waals surface area contributed by atoms with Crippen molar-refractivity contribution in [1.29, 1.82) is 0 Å². The van der Waals surface area contributed by atoms with Crippen molar-refractivity contribution in [2.24, 2.45) is 12.8 Å². The summed E-state index contributed by atoms with van der Waals surface area (Å²) in [6.07, 6.45) is 1.43. The largest absolute Gasteiger partial charge is 0.319 e. The number of halogens is 3. The van der Waals surface area contributed by atoms with Gasteiger partial charge < -0.3 is 5.73 Å². The molecule has 2 rings (SSSR count). The standard InChI is InChI=1S/C11H10ClF2N3/c1-17-11(8(12)5-16-17)10(15)7-3-2-6(13)4-9(7)14/h2-5,10H,15H2,1H3. The molecule has 1 aromatic carbocycles. The molecule has 17 heavy (non-hydrogen) atoms. The lowest BCUT2D eigenvalue weighted by Crippen LogP contribution is -2.17. The summed E-state index contributed by atoms with van der Waals surface area (Å²) in [4.78, 5) is 0. The quantitative estimate of drug-likeness (QED) is 0.898. The molecule has 0 fully saturated rings. The molecule has 1 unspecified atom stereocenters. The molecular weight excluding hydrogens is 248 g/mol. The van der Waals surface area contributed by atoms with Crippen LogP contribution >= 0.6 is 11.6 Å². The van der Waals surface area contributed by atoms with Crippen molar-refractivity contribution in [2.45, 2.75) is 6.04 Å². The molecule has 1 heterocycles. The molecule has 1 atom stereocenters. The van der Waals surface area contributed by atoms with Crippen LogP contribution in [0.4, 0.5) is 8.78 Å². The van der Waals surface area contributed by atoms with Crippen molar-refractivity contribution in [2.75, 3.05) is 0 Å². The Labute approximate surface area is 102 Å². The number of aryl methyl sites for hydroxylation is 1. The zero-order valence-electron chi connectivity index (χ0n) is 8.99. The van der Waals surface area contributed by atoms with Crippen LogP contribution in [0.25, 0.3) is 0 Å². The molecule has 0 aliphatic carbocycles. The minimum atomic E-state index is -0.782. The first-order valence-electron chi connectivity index (χ1n) is 4.88. The summed E-state index contributed by atoms with van der Waals surface area (Å²) in [7, 11) is 1.66. The van der Waals surface area contributed by atoms with Gasteiger partial charge >= 0.3 is 0 Å². The van der Waals surface area contributed by atoms with Gasteiger partial charge in [0.15, 0.2) is 0 Å². The Morgan fingerprint density at radius 2 is 2.12 bits per heavy atom. The van der Waals surface area contributed by atoms with Gasteiger partial charge in [-0.3, -0.25) is 4.68 Å². The van der Waals surface area contributed by atoms with Crippen LogP contribution in [-0.2, 0) is 7.05 Å². The maximum absolute atomic E-state index is 13.6. The average molecular weight is 258 g/mol. The molecule has 6 heteroatoms. The summed E-state index contributed by atoms with van der Waals surface area (Å²) in [5.41, 5.74) is 6.57. The Kier molecular flexibility index (Phi) is 3.13. The van der Waals surface area contributed by atoms with Crippen LogP contribution in [0.15, 0.2) is 24.4 Å². The molecule has 2 aromatic rings. The summed E-state index contributed by atoms with van der Waals surface area (Å²) in [6.45, 7) is 0. The van der Waals surface area contributed by atoms with Crippen LogP contribution in [0.5, 0.6) is 0 Å². The van der Waals surface area contributed by atoms with Crippen molar-refractivity contribution in [1.82, 2.24) is 9.78 Å². The van der Waals surface area contributed by atoms with Crippen molar-refractivity contribution in [3.05, 3.63) is 52.3 Å². The molecule has 0 saturated carbocycles. The third kappa shape index (κ3) is 2.16. The zero-order valence-corrected chi connectivity index (χ0v) is 9.75. The molecule has 3 nitrogen and oxygen atoms in total. The first kappa shape index (κ1) is 12.0. The van der Waals surface area contributed by atoms with Gasteiger partial charge in [0.2, 0.25) is 0 Å². The number of benzene rings is 1. The molecule has 0 bridgehead atoms. The van der Waals surface area contributed by atoms with E-state index in [0.29, 0.717) is 10.7 Å². The Hall–Kier alpha value is -1.46.